The maximum atomic E-state index is 11.5. The van der Waals surface area contributed by atoms with Crippen molar-refractivity contribution in [3.63, 3.8) is 0 Å². The number of methoxy groups -OCH3 is 1. The van der Waals surface area contributed by atoms with E-state index in [1.54, 1.807) is 6.92 Å². The molecule has 0 saturated heterocycles. The number of nitrogens with two attached hydrogens (primary N) is 1. The first-order chi connectivity index (χ1) is 8.26. The molecule has 8 nitrogen and oxygen atoms in total. The molecule has 1 rings (SSSR count). The topological polar surface area (TPSA) is 128 Å². The van der Waals surface area contributed by atoms with Crippen molar-refractivity contribution >= 4 is 39.2 Å². The number of rotatable bonds is 4. The van der Waals surface area contributed by atoms with E-state index >= 15 is 0 Å². The van der Waals surface area contributed by atoms with E-state index in [1.165, 1.54) is 17.2 Å². The van der Waals surface area contributed by atoms with E-state index in [2.05, 4.69) is 9.46 Å². The first kappa shape index (κ1) is 14.3. The van der Waals surface area contributed by atoms with Gasteiger partial charge in [-0.25, -0.2) is 14.3 Å². The van der Waals surface area contributed by atoms with Crippen LogP contribution in [0, 0.1) is 6.92 Å². The lowest BCUT2D eigenvalue weighted by molar-refractivity contribution is 0.0602. The Balaban J connectivity index is 3.08. The molecule has 1 aromatic heterocycles. The Bertz CT molecular complexity index is 578. The number of anilines is 1. The third kappa shape index (κ3) is 3.34. The van der Waals surface area contributed by atoms with E-state index in [9.17, 15) is 18.0 Å². The standard InChI is InChI=1S/C8H11N3O5S2/c1-4-6(5(3-17-4)7(12)16-2)10-18(14,15)11-8(9)13/h3,10H,1-2H3,(H3,9,11,13). The molecule has 10 heteroatoms. The SMILES string of the molecule is COC(=O)c1csc(C)c1NS(=O)(=O)NC(N)=O. The Morgan fingerprint density at radius 2 is 2.06 bits per heavy atom. The summed E-state index contributed by atoms with van der Waals surface area (Å²) < 4.78 is 31.0. The van der Waals surface area contributed by atoms with Crippen LogP contribution >= 0.6 is 11.3 Å². The third-order valence-electron chi connectivity index (χ3n) is 1.85. The van der Waals surface area contributed by atoms with Gasteiger partial charge in [-0.1, -0.05) is 0 Å². The van der Waals surface area contributed by atoms with Gasteiger partial charge < -0.3 is 10.5 Å². The van der Waals surface area contributed by atoms with Crippen LogP contribution in [-0.2, 0) is 14.9 Å². The van der Waals surface area contributed by atoms with Crippen LogP contribution in [0.1, 0.15) is 15.2 Å². The van der Waals surface area contributed by atoms with Gasteiger partial charge in [-0.2, -0.15) is 8.42 Å². The van der Waals surface area contributed by atoms with Gasteiger partial charge >= 0.3 is 22.2 Å². The highest BCUT2D eigenvalue weighted by Crippen LogP contribution is 2.28. The maximum Gasteiger partial charge on any atom is 0.340 e. The Kier molecular flexibility index (Phi) is 4.14. The maximum absolute atomic E-state index is 11.5. The van der Waals surface area contributed by atoms with Gasteiger partial charge in [-0.05, 0) is 6.92 Å². The molecule has 2 amide bonds. The van der Waals surface area contributed by atoms with Crippen molar-refractivity contribution in [3.05, 3.63) is 15.8 Å². The van der Waals surface area contributed by atoms with Crippen molar-refractivity contribution < 1.29 is 22.7 Å². The third-order valence-corrected chi connectivity index (χ3v) is 3.71. The molecule has 0 bridgehead atoms. The molecule has 0 aliphatic rings. The van der Waals surface area contributed by atoms with Crippen molar-refractivity contribution in [2.75, 3.05) is 11.8 Å². The van der Waals surface area contributed by atoms with Crippen LogP contribution in [0.5, 0.6) is 0 Å². The fourth-order valence-corrected chi connectivity index (χ4v) is 2.83. The van der Waals surface area contributed by atoms with E-state index in [4.69, 9.17) is 5.73 Å². The summed E-state index contributed by atoms with van der Waals surface area (Å²) in [5, 5.41) is 1.45. The summed E-state index contributed by atoms with van der Waals surface area (Å²) in [5.74, 6) is -0.684. The number of amides is 2. The predicted molar refractivity (Wildman–Crippen MR) is 65.7 cm³/mol. The molecule has 0 fully saturated rings. The number of ether oxygens (including phenoxy) is 1. The number of thiophene rings is 1. The number of nitrogens with one attached hydrogen (secondary N) is 2. The van der Waals surface area contributed by atoms with Crippen LogP contribution in [0.25, 0.3) is 0 Å². The zero-order valence-electron chi connectivity index (χ0n) is 9.51. The summed E-state index contributed by atoms with van der Waals surface area (Å²) in [6.45, 7) is 1.61. The fourth-order valence-electron chi connectivity index (χ4n) is 1.13. The van der Waals surface area contributed by atoms with Gasteiger partial charge in [-0.15, -0.1) is 11.3 Å². The summed E-state index contributed by atoms with van der Waals surface area (Å²) in [6.07, 6.45) is 0. The number of hydrogen-bond donors (Lipinski definition) is 3. The highest BCUT2D eigenvalue weighted by atomic mass is 32.2. The first-order valence-corrected chi connectivity index (χ1v) is 6.89. The number of esters is 1. The average Bonchev–Trinajstić information content (AvgIpc) is 2.57. The molecule has 0 aromatic carbocycles. The largest absolute Gasteiger partial charge is 0.465 e. The number of carbonyl (C=O) groups is 2. The van der Waals surface area contributed by atoms with E-state index < -0.39 is 22.2 Å². The molecule has 0 saturated carbocycles. The van der Waals surface area contributed by atoms with E-state index in [0.717, 1.165) is 11.3 Å². The summed E-state index contributed by atoms with van der Waals surface area (Å²) in [6, 6.07) is -1.23. The number of urea groups is 1. The first-order valence-electron chi connectivity index (χ1n) is 4.53. The summed E-state index contributed by atoms with van der Waals surface area (Å²) >= 11 is 1.16. The Morgan fingerprint density at radius 1 is 1.44 bits per heavy atom. The van der Waals surface area contributed by atoms with Gasteiger partial charge in [0, 0.05) is 10.3 Å². The zero-order valence-corrected chi connectivity index (χ0v) is 11.1. The van der Waals surface area contributed by atoms with Crippen LogP contribution in [0.4, 0.5) is 10.5 Å². The lowest BCUT2D eigenvalue weighted by Crippen LogP contribution is -2.39. The van der Waals surface area contributed by atoms with Gasteiger partial charge in [0.05, 0.1) is 18.4 Å². The summed E-state index contributed by atoms with van der Waals surface area (Å²) in [7, 11) is -2.99. The molecule has 4 N–H and O–H groups in total. The minimum Gasteiger partial charge on any atom is -0.465 e. The molecule has 0 aliphatic heterocycles. The molecule has 100 valence electrons. The second kappa shape index (κ2) is 5.23. The van der Waals surface area contributed by atoms with Crippen LogP contribution in [0.2, 0.25) is 0 Å². The van der Waals surface area contributed by atoms with Crippen molar-refractivity contribution in [1.82, 2.24) is 4.72 Å². The second-order valence-electron chi connectivity index (χ2n) is 3.14. The Labute approximate surface area is 107 Å². The molecule has 0 unspecified atom stereocenters. The van der Waals surface area contributed by atoms with E-state index in [0.29, 0.717) is 4.88 Å². The number of carbonyl (C=O) groups excluding carboxylic acids is 2. The normalized spacial score (nSPS) is 10.8. The molecule has 0 spiro atoms. The number of hydrogen-bond acceptors (Lipinski definition) is 6. The number of primary amides is 1. The van der Waals surface area contributed by atoms with Crippen LogP contribution in [0.3, 0.4) is 0 Å². The second-order valence-corrected chi connectivity index (χ2v) is 5.64. The Morgan fingerprint density at radius 3 is 2.56 bits per heavy atom. The van der Waals surface area contributed by atoms with Crippen LogP contribution in [-0.4, -0.2) is 27.5 Å². The number of aryl methyl sites for hydroxylation is 1. The van der Waals surface area contributed by atoms with Gasteiger partial charge in [0.2, 0.25) is 0 Å². The molecule has 18 heavy (non-hydrogen) atoms. The van der Waals surface area contributed by atoms with Crippen molar-refractivity contribution in [2.24, 2.45) is 5.73 Å². The van der Waals surface area contributed by atoms with Gasteiger partial charge in [0.25, 0.3) is 0 Å². The molecule has 0 aliphatic carbocycles. The van der Waals surface area contributed by atoms with Crippen LogP contribution < -0.4 is 15.2 Å². The molecular weight excluding hydrogens is 282 g/mol. The average molecular weight is 293 g/mol. The van der Waals surface area contributed by atoms with E-state index in [1.807, 2.05) is 0 Å². The van der Waals surface area contributed by atoms with Crippen LogP contribution in [0.15, 0.2) is 5.38 Å². The quantitative estimate of drug-likeness (QED) is 0.682. The smallest absolute Gasteiger partial charge is 0.340 e. The van der Waals surface area contributed by atoms with Crippen molar-refractivity contribution in [1.29, 1.82) is 0 Å². The van der Waals surface area contributed by atoms with E-state index in [-0.39, 0.29) is 11.3 Å². The fraction of sp³-hybridized carbons (Fsp3) is 0.250. The highest BCUT2D eigenvalue weighted by molar-refractivity contribution is 7.91. The Hall–Kier alpha value is -1.81. The van der Waals surface area contributed by atoms with Crippen molar-refractivity contribution in [3.8, 4) is 0 Å². The lowest BCUT2D eigenvalue weighted by atomic mass is 10.2. The summed E-state index contributed by atoms with van der Waals surface area (Å²) in [5.41, 5.74) is 4.83. The van der Waals surface area contributed by atoms with Gasteiger partial charge in [-0.3, -0.25) is 4.72 Å². The molecule has 0 radical (unpaired) electrons. The minimum absolute atomic E-state index is 0.0561. The van der Waals surface area contributed by atoms with Gasteiger partial charge in [0.1, 0.15) is 0 Å². The molecular formula is C8H11N3O5S2. The highest BCUT2D eigenvalue weighted by Gasteiger charge is 2.21. The molecule has 1 heterocycles. The summed E-state index contributed by atoms with van der Waals surface area (Å²) in [4.78, 5) is 22.4. The predicted octanol–water partition coefficient (Wildman–Crippen LogP) is 0.168. The molecule has 1 aromatic rings. The van der Waals surface area contributed by atoms with Gasteiger partial charge in [0.15, 0.2) is 0 Å². The lowest BCUT2D eigenvalue weighted by Gasteiger charge is -2.09. The van der Waals surface area contributed by atoms with Crippen molar-refractivity contribution in [2.45, 2.75) is 6.92 Å². The zero-order chi connectivity index (χ0) is 13.9. The monoisotopic (exact) mass is 293 g/mol. The molecule has 0 atom stereocenters. The minimum atomic E-state index is -4.17.